The van der Waals surface area contributed by atoms with Gasteiger partial charge < -0.3 is 6.16 Å². The summed E-state index contributed by atoms with van der Waals surface area (Å²) in [5.74, 6) is -0.0216. The average Bonchev–Trinajstić information content (AvgIpc) is 2.75. The molecule has 2 N–H and O–H groups in total. The topological polar surface area (TPSA) is 149 Å². The molecule has 86 heavy (non-hydrogen) atoms. The van der Waals surface area contributed by atoms with Gasteiger partial charge in [0.15, 0.2) is 5.69 Å². The molecule has 13 nitrogen and oxygen atoms in total. The van der Waals surface area contributed by atoms with Crippen molar-refractivity contribution in [2.24, 2.45) is 18.4 Å². The van der Waals surface area contributed by atoms with Gasteiger partial charge in [0.1, 0.15) is 50.8 Å². The van der Waals surface area contributed by atoms with Crippen molar-refractivity contribution in [2.75, 3.05) is 6.61 Å². The molecule has 0 unspecified atom stereocenters. The number of carbonyl (C=O) groups is 1. The number of imidazole rings is 1. The monoisotopic (exact) mass is 1370 g/mol. The summed E-state index contributed by atoms with van der Waals surface area (Å²) in [7, 11) is 8.17. The molecule has 0 spiro atoms. The molecule has 4 aromatic carbocycles. The van der Waals surface area contributed by atoms with Gasteiger partial charge in [0.25, 0.3) is 0 Å². The number of alkyl halides is 2. The summed E-state index contributed by atoms with van der Waals surface area (Å²) in [6.45, 7) is 20.6. The van der Waals surface area contributed by atoms with Gasteiger partial charge in [0, 0.05) is 65.1 Å². The number of hydrogen-bond donors (Lipinski definition) is 3. The minimum Gasteiger partial charge on any atom is -1.00 e. The smallest absolute Gasteiger partial charge is 1.00 e. The van der Waals surface area contributed by atoms with Gasteiger partial charge in [-0.2, -0.15) is 20.4 Å². The second kappa shape index (κ2) is 34.8. The number of aryl methyl sites for hydroxylation is 2. The molecule has 0 fully saturated rings. The van der Waals surface area contributed by atoms with Crippen LogP contribution in [-0.2, 0) is 18.8 Å². The summed E-state index contributed by atoms with van der Waals surface area (Å²) in [6, 6.07) is 31.2. The van der Waals surface area contributed by atoms with Gasteiger partial charge in [0.05, 0.1) is 38.8 Å². The van der Waals surface area contributed by atoms with Gasteiger partial charge in [0.2, 0.25) is 0 Å². The summed E-state index contributed by atoms with van der Waals surface area (Å²) in [5.41, 5.74) is 14.1. The fourth-order valence-electron chi connectivity index (χ4n) is 8.63. The maximum atomic E-state index is 13.5. The summed E-state index contributed by atoms with van der Waals surface area (Å²) >= 11 is 20.4. The van der Waals surface area contributed by atoms with Crippen molar-refractivity contribution < 1.29 is 58.1 Å². The van der Waals surface area contributed by atoms with Crippen molar-refractivity contribution in [3.05, 3.63) is 188 Å². The number of pyridine rings is 1. The molecule has 0 saturated heterocycles. The summed E-state index contributed by atoms with van der Waals surface area (Å²) in [5, 5.41) is 23.6. The number of carbonyl (C=O) groups excluding carboxylic acids is 1. The first-order chi connectivity index (χ1) is 40.3. The maximum Gasteiger partial charge on any atom is 1.00 e. The molecule has 0 atom stereocenters. The number of aromatic amines is 2. The van der Waals surface area contributed by atoms with E-state index >= 15 is 0 Å². The summed E-state index contributed by atoms with van der Waals surface area (Å²) < 4.78 is 67.1. The standard InChI is InChI=1S/C23H23FN4O2.C13H14BrFN2.C12H12BrFN2.C12H13FN2.C2H4Cl2.BHNS.Na.H/c1-5-30-23(29)18-12-25-19-11-8-16(13-28(18)19)20-21(15-6-9-17(24)10-7-15)26-27(4)22(20)14(2)3;1-8(2)13-11(14)12(16-17(13)3)9-4-6-10(15)7-5-9;1-7(2)11-10(13)12(16-15-11)8-3-5-9(14)6-4-8;1-8(2)11-7-12(15-14-11)9-3-5-10(13)6-4-9;1-2(3)4;1-2-3;;/h6-14H,5H2,1-4H3;4-8H,1-3H3;3-7H,1-2H3,(H,15,16);3-8H,1-2H3,(H,14,15);2H,1H3;3H;;/q;;;;;;+1;-1. The number of thiol groups is 1. The normalized spacial score (nSPS) is 10.7. The minimum absolute atomic E-state index is 0. The number of H-pyrrole nitrogens is 2. The largest absolute Gasteiger partial charge is 1.00 e. The molecular weight excluding hydrogens is 1300 g/mol. The maximum absolute atomic E-state index is 13.5. The number of esters is 1. The zero-order valence-corrected chi connectivity index (χ0v) is 57.7. The van der Waals surface area contributed by atoms with Crippen LogP contribution in [0.3, 0.4) is 0 Å². The molecule has 0 amide bonds. The Morgan fingerprint density at radius 3 is 1.49 bits per heavy atom. The quantitative estimate of drug-likeness (QED) is 0.0384. The molecule has 10 aromatic rings. The van der Waals surface area contributed by atoms with E-state index in [0.29, 0.717) is 35.7 Å². The minimum atomic E-state index is -0.420. The third-order valence-corrected chi connectivity index (χ3v) is 14.1. The number of hydrogen-bond acceptors (Lipinski definition) is 9. The molecule has 0 saturated carbocycles. The van der Waals surface area contributed by atoms with E-state index in [2.05, 4.69) is 142 Å². The molecule has 6 heterocycles. The molecule has 24 heteroatoms. The van der Waals surface area contributed by atoms with E-state index in [1.165, 1.54) is 54.7 Å². The third-order valence-electron chi connectivity index (χ3n) is 12.5. The van der Waals surface area contributed by atoms with Crippen LogP contribution in [0.4, 0.5) is 17.6 Å². The Labute approximate surface area is 557 Å². The number of nitrogens with one attached hydrogen (secondary N) is 2. The van der Waals surface area contributed by atoms with Crippen LogP contribution in [0.25, 0.3) is 61.8 Å². The van der Waals surface area contributed by atoms with E-state index in [1.807, 2.05) is 47.9 Å². The first-order valence-corrected chi connectivity index (χ1v) is 29.8. The van der Waals surface area contributed by atoms with Crippen molar-refractivity contribution in [1.29, 1.82) is 0 Å². The van der Waals surface area contributed by atoms with E-state index in [1.54, 1.807) is 66.8 Å². The molecule has 0 bridgehead atoms. The first-order valence-electron chi connectivity index (χ1n) is 26.9. The van der Waals surface area contributed by atoms with E-state index in [9.17, 15) is 22.4 Å². The number of halogens is 8. The van der Waals surface area contributed by atoms with Gasteiger partial charge in [-0.1, -0.05) is 55.4 Å². The van der Waals surface area contributed by atoms with Gasteiger partial charge in [-0.05, 0) is 185 Å². The molecule has 6 aromatic heterocycles. The van der Waals surface area contributed by atoms with Gasteiger partial charge in [-0.3, -0.25) is 24.0 Å². The van der Waals surface area contributed by atoms with Crippen LogP contribution in [-0.4, -0.2) is 74.4 Å². The Kier molecular flexibility index (Phi) is 29.5. The Balaban J connectivity index is 0.000000302. The van der Waals surface area contributed by atoms with E-state index in [0.717, 1.165) is 87.9 Å². The number of rotatable bonds is 11. The fourth-order valence-corrected chi connectivity index (χ4v) is 10.5. The van der Waals surface area contributed by atoms with Crippen molar-refractivity contribution in [3.8, 4) is 56.2 Å². The number of ether oxygens (including phenoxy) is 1. The molecule has 449 valence electrons. The van der Waals surface area contributed by atoms with Crippen molar-refractivity contribution in [1.82, 2.24) is 49.3 Å². The first kappa shape index (κ1) is 72.8. The van der Waals surface area contributed by atoms with Crippen LogP contribution < -0.4 is 29.6 Å². The van der Waals surface area contributed by atoms with Crippen LogP contribution in [0.2, 0.25) is 0 Å². The zero-order chi connectivity index (χ0) is 62.8. The molecule has 0 aliphatic heterocycles. The molecule has 10 rings (SSSR count). The number of nitrogens with zero attached hydrogens (tertiary/aromatic N) is 9. The number of benzene rings is 4. The number of aromatic nitrogens is 10. The third kappa shape index (κ3) is 19.9. The van der Waals surface area contributed by atoms with Crippen LogP contribution in [0.5, 0.6) is 0 Å². The Morgan fingerprint density at radius 1 is 0.640 bits per heavy atom. The van der Waals surface area contributed by atoms with Crippen molar-refractivity contribution in [2.45, 2.75) is 97.7 Å². The van der Waals surface area contributed by atoms with Crippen LogP contribution >= 0.6 is 67.9 Å². The number of fused-ring (bicyclic) bond motifs is 1. The van der Waals surface area contributed by atoms with Gasteiger partial charge >= 0.3 is 60.3 Å². The molecule has 0 aliphatic carbocycles. The zero-order valence-electron chi connectivity index (χ0n) is 51.1. The summed E-state index contributed by atoms with van der Waals surface area (Å²) in [4.78, 5) is 16.4. The van der Waals surface area contributed by atoms with E-state index in [-0.39, 0.29) is 65.0 Å². The van der Waals surface area contributed by atoms with Gasteiger partial charge in [-0.25, -0.2) is 27.3 Å². The average molecular weight is 1370 g/mol. The predicted octanol–water partition coefficient (Wildman–Crippen LogP) is 15.5. The van der Waals surface area contributed by atoms with E-state index in [4.69, 9.17) is 33.0 Å². The second-order valence-electron chi connectivity index (χ2n) is 20.2. The Hall–Kier alpha value is -5.65. The van der Waals surface area contributed by atoms with Crippen molar-refractivity contribution >= 4 is 87.1 Å². The van der Waals surface area contributed by atoms with Crippen LogP contribution in [0.1, 0.15) is 128 Å². The summed E-state index contributed by atoms with van der Waals surface area (Å²) in [6.07, 6.45) is 3.40. The van der Waals surface area contributed by atoms with Crippen LogP contribution in [0, 0.1) is 23.3 Å². The second-order valence-corrected chi connectivity index (χ2v) is 23.6. The van der Waals surface area contributed by atoms with Gasteiger partial charge in [-0.15, -0.1) is 23.2 Å². The molecular formula is C62H68BBr2Cl2F4N11NaO2S. The van der Waals surface area contributed by atoms with Crippen molar-refractivity contribution in [3.63, 3.8) is 0 Å². The SMILES string of the molecule is CC(C)c1[nH]nc(-c2ccc(F)cc2)c1Br.CC(C)c1c(Br)c(-c2ccc(F)cc2)nn1C.CC(C)c1cc(-c2ccc(F)cc2)n[nH]1.CC(Cl)Cl.CCOC(=O)c1cnc2ccc(-c3c(-c4ccc(F)cc4)nn(C)c3C(C)C)cn12.[B]=NS.[H-].[Na+]. The van der Waals surface area contributed by atoms with Crippen LogP contribution in [0.15, 0.2) is 141 Å². The Bertz CT molecular complexity index is 3750. The Morgan fingerprint density at radius 2 is 1.07 bits per heavy atom. The van der Waals surface area contributed by atoms with E-state index < -0.39 is 5.97 Å². The molecule has 0 aliphatic rings. The fraction of sp³-hybridized carbons (Fsp3) is 0.290. The molecule has 1 radical (unpaired) electrons. The predicted molar refractivity (Wildman–Crippen MR) is 347 cm³/mol.